The SMILES string of the molecule is CCCn1ncc(Cl)c1C(=O)C1COC(C)C1. The van der Waals surface area contributed by atoms with E-state index in [0.717, 1.165) is 19.4 Å². The Labute approximate surface area is 106 Å². The average Bonchev–Trinajstić information content (AvgIpc) is 2.86. The van der Waals surface area contributed by atoms with E-state index in [1.165, 1.54) is 0 Å². The molecule has 2 heterocycles. The Morgan fingerprint density at radius 3 is 3.06 bits per heavy atom. The molecule has 0 bridgehead atoms. The number of carbonyl (C=O) groups excluding carboxylic acids is 1. The van der Waals surface area contributed by atoms with E-state index in [0.29, 0.717) is 17.3 Å². The van der Waals surface area contributed by atoms with Crippen molar-refractivity contribution in [3.05, 3.63) is 16.9 Å². The summed E-state index contributed by atoms with van der Waals surface area (Å²) >= 11 is 6.05. The van der Waals surface area contributed by atoms with Crippen molar-refractivity contribution in [2.45, 2.75) is 39.3 Å². The van der Waals surface area contributed by atoms with Gasteiger partial charge in [0, 0.05) is 12.5 Å². The Balaban J connectivity index is 2.21. The summed E-state index contributed by atoms with van der Waals surface area (Å²) in [6, 6.07) is 0. The summed E-state index contributed by atoms with van der Waals surface area (Å²) in [5.41, 5.74) is 0.538. The fraction of sp³-hybridized carbons (Fsp3) is 0.667. The van der Waals surface area contributed by atoms with Crippen molar-refractivity contribution in [2.75, 3.05) is 6.61 Å². The van der Waals surface area contributed by atoms with Gasteiger partial charge in [-0.05, 0) is 19.8 Å². The van der Waals surface area contributed by atoms with Gasteiger partial charge in [-0.1, -0.05) is 18.5 Å². The summed E-state index contributed by atoms with van der Waals surface area (Å²) in [5, 5.41) is 4.59. The molecule has 1 aromatic heterocycles. The first-order chi connectivity index (χ1) is 8.13. The van der Waals surface area contributed by atoms with Crippen LogP contribution in [0.2, 0.25) is 5.02 Å². The van der Waals surface area contributed by atoms with Crippen LogP contribution in [0.5, 0.6) is 0 Å². The molecule has 0 N–H and O–H groups in total. The number of carbonyl (C=O) groups is 1. The van der Waals surface area contributed by atoms with Gasteiger partial charge in [-0.15, -0.1) is 0 Å². The summed E-state index contributed by atoms with van der Waals surface area (Å²) in [6.45, 7) is 5.24. The van der Waals surface area contributed by atoms with E-state index in [9.17, 15) is 4.79 Å². The lowest BCUT2D eigenvalue weighted by atomic mass is 9.99. The number of ketones is 1. The van der Waals surface area contributed by atoms with Gasteiger partial charge in [-0.2, -0.15) is 5.10 Å². The first kappa shape index (κ1) is 12.6. The number of hydrogen-bond acceptors (Lipinski definition) is 3. The largest absolute Gasteiger partial charge is 0.378 e. The highest BCUT2D eigenvalue weighted by atomic mass is 35.5. The molecule has 0 spiro atoms. The number of aryl methyl sites for hydroxylation is 1. The number of aromatic nitrogens is 2. The lowest BCUT2D eigenvalue weighted by molar-refractivity contribution is 0.0867. The Hall–Kier alpha value is -0.870. The molecule has 1 saturated heterocycles. The smallest absolute Gasteiger partial charge is 0.187 e. The zero-order valence-corrected chi connectivity index (χ0v) is 10.9. The second-order valence-corrected chi connectivity index (χ2v) is 4.91. The number of hydrogen-bond donors (Lipinski definition) is 0. The van der Waals surface area contributed by atoms with Crippen LogP contribution in [-0.2, 0) is 11.3 Å². The van der Waals surface area contributed by atoms with Crippen molar-refractivity contribution in [1.82, 2.24) is 9.78 Å². The highest BCUT2D eigenvalue weighted by Gasteiger charge is 2.32. The van der Waals surface area contributed by atoms with E-state index in [2.05, 4.69) is 5.10 Å². The number of halogens is 1. The minimum atomic E-state index is -0.0743. The van der Waals surface area contributed by atoms with Crippen molar-refractivity contribution in [3.8, 4) is 0 Å². The van der Waals surface area contributed by atoms with Gasteiger partial charge in [0.25, 0.3) is 0 Å². The van der Waals surface area contributed by atoms with Crippen LogP contribution in [0, 0.1) is 5.92 Å². The Kier molecular flexibility index (Phi) is 3.84. The maximum atomic E-state index is 12.3. The van der Waals surface area contributed by atoms with Crippen molar-refractivity contribution >= 4 is 17.4 Å². The molecule has 2 unspecified atom stereocenters. The Bertz CT molecular complexity index is 417. The third-order valence-corrected chi connectivity index (χ3v) is 3.31. The van der Waals surface area contributed by atoms with Crippen LogP contribution < -0.4 is 0 Å². The zero-order chi connectivity index (χ0) is 12.4. The van der Waals surface area contributed by atoms with Crippen molar-refractivity contribution in [1.29, 1.82) is 0 Å². The summed E-state index contributed by atoms with van der Waals surface area (Å²) in [4.78, 5) is 12.3. The predicted molar refractivity (Wildman–Crippen MR) is 65.4 cm³/mol. The standard InChI is InChI=1S/C12H17ClN2O2/c1-3-4-15-11(10(13)6-14-15)12(16)9-5-8(2)17-7-9/h6,8-9H,3-5,7H2,1-2H3. The molecule has 17 heavy (non-hydrogen) atoms. The number of nitrogens with zero attached hydrogens (tertiary/aromatic N) is 2. The number of Topliss-reactive ketones (excluding diaryl/α,β-unsaturated/α-hetero) is 1. The van der Waals surface area contributed by atoms with Crippen molar-refractivity contribution in [3.63, 3.8) is 0 Å². The van der Waals surface area contributed by atoms with E-state index in [4.69, 9.17) is 16.3 Å². The second-order valence-electron chi connectivity index (χ2n) is 4.51. The Morgan fingerprint density at radius 1 is 1.71 bits per heavy atom. The van der Waals surface area contributed by atoms with E-state index in [1.807, 2.05) is 13.8 Å². The first-order valence-corrected chi connectivity index (χ1v) is 6.38. The number of rotatable bonds is 4. The lowest BCUT2D eigenvalue weighted by Gasteiger charge is -2.09. The van der Waals surface area contributed by atoms with Gasteiger partial charge in [0.05, 0.1) is 23.9 Å². The molecule has 1 fully saturated rings. The van der Waals surface area contributed by atoms with Gasteiger partial charge in [0.2, 0.25) is 0 Å². The molecule has 1 aromatic rings. The highest BCUT2D eigenvalue weighted by molar-refractivity contribution is 6.33. The maximum absolute atomic E-state index is 12.3. The van der Waals surface area contributed by atoms with Crippen LogP contribution in [0.3, 0.4) is 0 Å². The molecule has 2 atom stereocenters. The van der Waals surface area contributed by atoms with Crippen molar-refractivity contribution in [2.24, 2.45) is 5.92 Å². The number of ether oxygens (including phenoxy) is 1. The summed E-state index contributed by atoms with van der Waals surface area (Å²) in [5.74, 6) is -0.0138. The molecule has 0 saturated carbocycles. The molecule has 5 heteroatoms. The van der Waals surface area contributed by atoms with E-state index >= 15 is 0 Å². The van der Waals surface area contributed by atoms with Crippen molar-refractivity contribution < 1.29 is 9.53 Å². The summed E-state index contributed by atoms with van der Waals surface area (Å²) in [6.07, 6.45) is 3.40. The van der Waals surface area contributed by atoms with Gasteiger partial charge in [-0.3, -0.25) is 9.48 Å². The maximum Gasteiger partial charge on any atom is 0.187 e. The second kappa shape index (κ2) is 5.19. The normalized spacial score (nSPS) is 24.2. The molecular formula is C12H17ClN2O2. The molecule has 0 aromatic carbocycles. The van der Waals surface area contributed by atoms with E-state index in [-0.39, 0.29) is 17.8 Å². The molecule has 0 amide bonds. The quantitative estimate of drug-likeness (QED) is 0.778. The lowest BCUT2D eigenvalue weighted by Crippen LogP contribution is -2.20. The van der Waals surface area contributed by atoms with Crippen LogP contribution in [0.25, 0.3) is 0 Å². The van der Waals surface area contributed by atoms with Crippen LogP contribution in [0.1, 0.15) is 37.2 Å². The molecule has 0 aliphatic carbocycles. The summed E-state index contributed by atoms with van der Waals surface area (Å²) in [7, 11) is 0. The van der Waals surface area contributed by atoms with E-state index < -0.39 is 0 Å². The minimum Gasteiger partial charge on any atom is -0.378 e. The van der Waals surface area contributed by atoms with Crippen LogP contribution >= 0.6 is 11.6 Å². The Morgan fingerprint density at radius 2 is 2.47 bits per heavy atom. The predicted octanol–water partition coefficient (Wildman–Crippen LogP) is 2.55. The van der Waals surface area contributed by atoms with Crippen LogP contribution in [0.15, 0.2) is 6.20 Å². The molecule has 4 nitrogen and oxygen atoms in total. The monoisotopic (exact) mass is 256 g/mol. The average molecular weight is 257 g/mol. The first-order valence-electron chi connectivity index (χ1n) is 6.00. The minimum absolute atomic E-state index is 0.0605. The molecule has 1 aliphatic heterocycles. The summed E-state index contributed by atoms with van der Waals surface area (Å²) < 4.78 is 7.13. The van der Waals surface area contributed by atoms with Gasteiger partial charge in [0.1, 0.15) is 5.69 Å². The molecular weight excluding hydrogens is 240 g/mol. The zero-order valence-electron chi connectivity index (χ0n) is 10.1. The fourth-order valence-electron chi connectivity index (χ4n) is 2.18. The molecule has 94 valence electrons. The van der Waals surface area contributed by atoms with Gasteiger partial charge >= 0.3 is 0 Å². The van der Waals surface area contributed by atoms with Gasteiger partial charge in [0.15, 0.2) is 5.78 Å². The van der Waals surface area contributed by atoms with Crippen LogP contribution in [-0.4, -0.2) is 28.3 Å². The van der Waals surface area contributed by atoms with Gasteiger partial charge < -0.3 is 4.74 Å². The molecule has 2 rings (SSSR count). The van der Waals surface area contributed by atoms with E-state index in [1.54, 1.807) is 10.9 Å². The molecule has 0 radical (unpaired) electrons. The van der Waals surface area contributed by atoms with Gasteiger partial charge in [-0.25, -0.2) is 0 Å². The highest BCUT2D eigenvalue weighted by Crippen LogP contribution is 2.26. The molecule has 1 aliphatic rings. The fourth-order valence-corrected chi connectivity index (χ4v) is 2.42. The third-order valence-electron chi connectivity index (χ3n) is 3.03. The topological polar surface area (TPSA) is 44.1 Å². The third kappa shape index (κ3) is 2.53. The van der Waals surface area contributed by atoms with Crippen LogP contribution in [0.4, 0.5) is 0 Å².